The predicted molar refractivity (Wildman–Crippen MR) is 32.7 cm³/mol. The molecule has 3 aliphatic heterocycles. The van der Waals surface area contributed by atoms with Gasteiger partial charge in [0.25, 0.3) is 0 Å². The van der Waals surface area contributed by atoms with Gasteiger partial charge in [-0.2, -0.15) is 4.57 Å². The van der Waals surface area contributed by atoms with Crippen LogP contribution >= 0.6 is 7.82 Å². The number of hydrogen-bond donors (Lipinski definition) is 0. The van der Waals surface area contributed by atoms with E-state index in [2.05, 4.69) is 15.6 Å². The molecule has 0 aromatic carbocycles. The van der Waals surface area contributed by atoms with Gasteiger partial charge in [0.15, 0.2) is 5.76 Å². The van der Waals surface area contributed by atoms with Crippen molar-refractivity contribution in [3.05, 3.63) is 24.4 Å². The second-order valence-electron chi connectivity index (χ2n) is 1.92. The van der Waals surface area contributed by atoms with Crippen molar-refractivity contribution < 1.29 is 18.1 Å². The van der Waals surface area contributed by atoms with Gasteiger partial charge in [0.1, 0.15) is 0 Å². The van der Waals surface area contributed by atoms with Crippen LogP contribution in [0.4, 0.5) is 0 Å². The highest BCUT2D eigenvalue weighted by Crippen LogP contribution is 2.70. The van der Waals surface area contributed by atoms with E-state index in [4.69, 9.17) is 4.52 Å². The van der Waals surface area contributed by atoms with Crippen LogP contribution in [0.5, 0.6) is 0 Å². The molecule has 0 spiro atoms. The van der Waals surface area contributed by atoms with E-state index in [0.29, 0.717) is 12.2 Å². The quantitative estimate of drug-likeness (QED) is 0.457. The van der Waals surface area contributed by atoms with Crippen molar-refractivity contribution in [2.24, 2.45) is 0 Å². The Bertz CT molecular complexity index is 255. The summed E-state index contributed by atoms with van der Waals surface area (Å²) in [5, 5.41) is 0. The number of phosphoric acid groups is 1. The molecule has 3 heterocycles. The molecule has 0 unspecified atom stereocenters. The summed E-state index contributed by atoms with van der Waals surface area (Å²) < 4.78 is 24.9. The Morgan fingerprint density at radius 3 is 2.60 bits per heavy atom. The first kappa shape index (κ1) is 5.86. The lowest BCUT2D eigenvalue weighted by Gasteiger charge is -2.15. The normalized spacial score (nSPS) is 24.0. The van der Waals surface area contributed by atoms with Gasteiger partial charge in [0, 0.05) is 6.42 Å². The molecule has 10 heavy (non-hydrogen) atoms. The second kappa shape index (κ2) is 1.58. The minimum atomic E-state index is -3.11. The number of fused-ring (bicyclic) bond motifs is 1. The molecule has 1 fully saturated rings. The zero-order valence-electron chi connectivity index (χ0n) is 5.07. The average Bonchev–Trinajstić information content (AvgIpc) is 2.20. The lowest BCUT2D eigenvalue weighted by Crippen LogP contribution is -1.99. The molecular formula is C5H5O4P. The first-order valence-electron chi connectivity index (χ1n) is 2.76. The van der Waals surface area contributed by atoms with Gasteiger partial charge in [-0.15, -0.1) is 6.58 Å². The molecule has 1 saturated heterocycles. The van der Waals surface area contributed by atoms with Gasteiger partial charge in [0.2, 0.25) is 0 Å². The van der Waals surface area contributed by atoms with E-state index in [1.165, 1.54) is 0 Å². The van der Waals surface area contributed by atoms with Gasteiger partial charge in [-0.3, -0.25) is 0 Å². The first-order chi connectivity index (χ1) is 4.73. The summed E-state index contributed by atoms with van der Waals surface area (Å²) in [5.74, 6) is 0.738. The number of hydrogen-bond acceptors (Lipinski definition) is 4. The highest BCUT2D eigenvalue weighted by Gasteiger charge is 2.55. The van der Waals surface area contributed by atoms with E-state index in [9.17, 15) is 4.57 Å². The lowest BCUT2D eigenvalue weighted by atomic mass is 10.4. The highest BCUT2D eigenvalue weighted by molar-refractivity contribution is 7.50. The molecule has 0 N–H and O–H groups in total. The molecule has 2 bridgehead atoms. The van der Waals surface area contributed by atoms with E-state index in [1.807, 2.05) is 0 Å². The van der Waals surface area contributed by atoms with Crippen LogP contribution < -0.4 is 0 Å². The molecule has 0 amide bonds. The number of rotatable bonds is 2. The van der Waals surface area contributed by atoms with Crippen molar-refractivity contribution >= 4 is 7.82 Å². The van der Waals surface area contributed by atoms with E-state index in [-0.39, 0.29) is 5.95 Å². The standard InChI is InChI=1S/C5H5O4P/c1-2-3-4-5-8-10(6,7-4)9-5/h2H,1,3H2. The molecule has 3 rings (SSSR count). The Morgan fingerprint density at radius 1 is 1.50 bits per heavy atom. The minimum Gasteiger partial charge on any atom is -0.382 e. The summed E-state index contributed by atoms with van der Waals surface area (Å²) in [4.78, 5) is 0. The van der Waals surface area contributed by atoms with Gasteiger partial charge in [-0.25, -0.2) is 0 Å². The largest absolute Gasteiger partial charge is 0.651 e. The minimum absolute atomic E-state index is 0.253. The molecule has 4 nitrogen and oxygen atoms in total. The molecule has 0 radical (unpaired) electrons. The van der Waals surface area contributed by atoms with E-state index >= 15 is 0 Å². The summed E-state index contributed by atoms with van der Waals surface area (Å²) in [6.45, 7) is 3.48. The van der Waals surface area contributed by atoms with Crippen LogP contribution in [0.15, 0.2) is 24.4 Å². The zero-order valence-corrected chi connectivity index (χ0v) is 5.97. The monoisotopic (exact) mass is 160 g/mol. The van der Waals surface area contributed by atoms with Crippen LogP contribution in [0.3, 0.4) is 0 Å². The van der Waals surface area contributed by atoms with Gasteiger partial charge >= 0.3 is 13.8 Å². The Morgan fingerprint density at radius 2 is 2.20 bits per heavy atom. The molecule has 54 valence electrons. The Hall–Kier alpha value is -0.890. The fourth-order valence-corrected chi connectivity index (χ4v) is 1.89. The van der Waals surface area contributed by atoms with Crippen molar-refractivity contribution in [2.45, 2.75) is 6.42 Å². The average molecular weight is 160 g/mol. The summed E-state index contributed by atoms with van der Waals surface area (Å²) in [5.41, 5.74) is 0. The van der Waals surface area contributed by atoms with Gasteiger partial charge < -0.3 is 13.6 Å². The highest BCUT2D eigenvalue weighted by atomic mass is 31.2. The number of allylic oxidation sites excluding steroid dienone is 1. The van der Waals surface area contributed by atoms with Crippen LogP contribution in [0.1, 0.15) is 6.42 Å². The zero-order chi connectivity index (χ0) is 7.19. The van der Waals surface area contributed by atoms with E-state index in [1.54, 1.807) is 6.08 Å². The van der Waals surface area contributed by atoms with Gasteiger partial charge in [-0.05, 0) is 0 Å². The van der Waals surface area contributed by atoms with E-state index < -0.39 is 7.82 Å². The van der Waals surface area contributed by atoms with Crippen LogP contribution in [0.25, 0.3) is 0 Å². The Kier molecular flexibility index (Phi) is 0.926. The van der Waals surface area contributed by atoms with Gasteiger partial charge in [0.05, 0.1) is 0 Å². The summed E-state index contributed by atoms with van der Waals surface area (Å²) in [7, 11) is -3.11. The summed E-state index contributed by atoms with van der Waals surface area (Å²) >= 11 is 0. The smallest absolute Gasteiger partial charge is 0.382 e. The van der Waals surface area contributed by atoms with Crippen LogP contribution in [-0.4, -0.2) is 0 Å². The van der Waals surface area contributed by atoms with Crippen LogP contribution in [0.2, 0.25) is 0 Å². The van der Waals surface area contributed by atoms with Gasteiger partial charge in [-0.1, -0.05) is 6.08 Å². The topological polar surface area (TPSA) is 44.8 Å². The number of phosphoric ester groups is 1. The molecule has 0 aliphatic carbocycles. The maximum Gasteiger partial charge on any atom is 0.651 e. The molecule has 0 saturated carbocycles. The fourth-order valence-electron chi connectivity index (χ4n) is 0.773. The lowest BCUT2D eigenvalue weighted by molar-refractivity contribution is 0.0985. The second-order valence-corrected chi connectivity index (χ2v) is 3.37. The molecule has 5 heteroatoms. The predicted octanol–water partition coefficient (Wildman–Crippen LogP) is 1.92. The molecule has 0 aromatic rings. The SMILES string of the molecule is C=CCC1=C2OP(=O)(O1)O2. The van der Waals surface area contributed by atoms with Crippen molar-refractivity contribution in [1.82, 2.24) is 0 Å². The van der Waals surface area contributed by atoms with Crippen LogP contribution in [-0.2, 0) is 18.1 Å². The van der Waals surface area contributed by atoms with Crippen LogP contribution in [0, 0.1) is 0 Å². The maximum absolute atomic E-state index is 10.8. The summed E-state index contributed by atoms with van der Waals surface area (Å²) in [6.07, 6.45) is 2.13. The molecule has 0 atom stereocenters. The van der Waals surface area contributed by atoms with E-state index in [0.717, 1.165) is 0 Å². The third-order valence-electron chi connectivity index (χ3n) is 1.17. The first-order valence-corrected chi connectivity index (χ1v) is 4.22. The Balaban J connectivity index is 2.20. The van der Waals surface area contributed by atoms with Crippen molar-refractivity contribution in [1.29, 1.82) is 0 Å². The third-order valence-corrected chi connectivity index (χ3v) is 2.39. The molecular weight excluding hydrogens is 155 g/mol. The molecule has 0 aromatic heterocycles. The third kappa shape index (κ3) is 0.596. The molecule has 3 aliphatic rings. The van der Waals surface area contributed by atoms with Crippen molar-refractivity contribution in [3.63, 3.8) is 0 Å². The Labute approximate surface area is 57.7 Å². The van der Waals surface area contributed by atoms with Crippen molar-refractivity contribution in [2.75, 3.05) is 0 Å². The fraction of sp³-hybridized carbons (Fsp3) is 0.200. The summed E-state index contributed by atoms with van der Waals surface area (Å²) in [6, 6.07) is 0. The maximum atomic E-state index is 10.8. The van der Waals surface area contributed by atoms with Crippen molar-refractivity contribution in [3.8, 4) is 0 Å².